The summed E-state index contributed by atoms with van der Waals surface area (Å²) in [5, 5.41) is 12.2. The van der Waals surface area contributed by atoms with Crippen LogP contribution in [0.5, 0.6) is 0 Å². The number of urea groups is 1. The third-order valence-corrected chi connectivity index (χ3v) is 4.46. The Morgan fingerprint density at radius 1 is 1.35 bits per heavy atom. The first-order chi connectivity index (χ1) is 9.81. The minimum absolute atomic E-state index is 0.0551. The molecule has 2 rings (SSSR count). The lowest BCUT2D eigenvalue weighted by Crippen LogP contribution is -2.49. The number of aliphatic hydroxyl groups excluding tert-OH is 1. The van der Waals surface area contributed by atoms with E-state index in [1.54, 1.807) is 0 Å². The van der Waals surface area contributed by atoms with Gasteiger partial charge in [0.15, 0.2) is 0 Å². The van der Waals surface area contributed by atoms with E-state index in [2.05, 4.69) is 11.4 Å². The van der Waals surface area contributed by atoms with Crippen molar-refractivity contribution in [2.45, 2.75) is 63.8 Å². The number of aliphatic hydroxyl groups is 1. The summed E-state index contributed by atoms with van der Waals surface area (Å²) in [6.07, 6.45) is 12.3. The standard InChI is InChI=1S/C16H28N2O2/c19-13-10-15-8-4-5-12-18(15)16(20)17-11-9-14-6-2-1-3-7-14/h6,15,19H,1-5,7-13H2,(H,17,20). The van der Waals surface area contributed by atoms with Crippen LogP contribution in [-0.2, 0) is 0 Å². The lowest BCUT2D eigenvalue weighted by molar-refractivity contribution is 0.132. The average molecular weight is 280 g/mol. The van der Waals surface area contributed by atoms with E-state index in [1.165, 1.54) is 37.7 Å². The van der Waals surface area contributed by atoms with E-state index >= 15 is 0 Å². The molecule has 1 aliphatic carbocycles. The second kappa shape index (κ2) is 8.30. The Hall–Kier alpha value is -1.03. The summed E-state index contributed by atoms with van der Waals surface area (Å²) in [5.74, 6) is 0. The van der Waals surface area contributed by atoms with Gasteiger partial charge in [-0.2, -0.15) is 0 Å². The number of carbonyl (C=O) groups excluding carboxylic acids is 1. The van der Waals surface area contributed by atoms with Crippen molar-refractivity contribution in [1.29, 1.82) is 0 Å². The number of allylic oxidation sites excluding steroid dienone is 1. The van der Waals surface area contributed by atoms with Crippen LogP contribution >= 0.6 is 0 Å². The van der Waals surface area contributed by atoms with Crippen molar-refractivity contribution < 1.29 is 9.90 Å². The van der Waals surface area contributed by atoms with Crippen molar-refractivity contribution in [3.63, 3.8) is 0 Å². The normalized spacial score (nSPS) is 23.4. The van der Waals surface area contributed by atoms with E-state index in [9.17, 15) is 4.79 Å². The topological polar surface area (TPSA) is 52.6 Å². The molecule has 2 amide bonds. The highest BCUT2D eigenvalue weighted by Crippen LogP contribution is 2.21. The van der Waals surface area contributed by atoms with Gasteiger partial charge in [0.05, 0.1) is 0 Å². The van der Waals surface area contributed by atoms with Gasteiger partial charge in [-0.15, -0.1) is 0 Å². The third kappa shape index (κ3) is 4.51. The van der Waals surface area contributed by atoms with Crippen molar-refractivity contribution in [3.05, 3.63) is 11.6 Å². The number of nitrogens with zero attached hydrogens (tertiary/aromatic N) is 1. The number of piperidine rings is 1. The second-order valence-electron chi connectivity index (χ2n) is 5.95. The Bertz CT molecular complexity index is 339. The molecular formula is C16H28N2O2. The summed E-state index contributed by atoms with van der Waals surface area (Å²) in [6.45, 7) is 1.74. The molecule has 1 fully saturated rings. The van der Waals surface area contributed by atoms with Gasteiger partial charge in [0.2, 0.25) is 0 Å². The van der Waals surface area contributed by atoms with E-state index in [1.807, 2.05) is 4.90 Å². The van der Waals surface area contributed by atoms with Gasteiger partial charge >= 0.3 is 6.03 Å². The van der Waals surface area contributed by atoms with Gasteiger partial charge in [-0.3, -0.25) is 0 Å². The molecule has 0 bridgehead atoms. The first kappa shape index (κ1) is 15.4. The number of rotatable bonds is 5. The van der Waals surface area contributed by atoms with Crippen LogP contribution in [0.3, 0.4) is 0 Å². The molecule has 4 heteroatoms. The lowest BCUT2D eigenvalue weighted by atomic mass is 9.97. The number of nitrogens with one attached hydrogen (secondary N) is 1. The molecule has 0 aromatic heterocycles. The van der Waals surface area contributed by atoms with Crippen molar-refractivity contribution in [1.82, 2.24) is 10.2 Å². The molecule has 2 N–H and O–H groups in total. The predicted octanol–water partition coefficient (Wildman–Crippen LogP) is 2.82. The molecule has 1 unspecified atom stereocenters. The Kier molecular flexibility index (Phi) is 6.37. The zero-order valence-corrected chi connectivity index (χ0v) is 12.4. The number of hydrogen-bond donors (Lipinski definition) is 2. The van der Waals surface area contributed by atoms with E-state index in [-0.39, 0.29) is 18.7 Å². The summed E-state index contributed by atoms with van der Waals surface area (Å²) in [6, 6.07) is 0.280. The van der Waals surface area contributed by atoms with Crippen LogP contribution in [0.25, 0.3) is 0 Å². The molecule has 0 aromatic rings. The van der Waals surface area contributed by atoms with E-state index in [4.69, 9.17) is 5.11 Å². The Labute approximate surface area is 122 Å². The van der Waals surface area contributed by atoms with E-state index < -0.39 is 0 Å². The third-order valence-electron chi connectivity index (χ3n) is 4.46. The first-order valence-electron chi connectivity index (χ1n) is 8.14. The van der Waals surface area contributed by atoms with Gasteiger partial charge < -0.3 is 15.3 Å². The van der Waals surface area contributed by atoms with Crippen LogP contribution in [0, 0.1) is 0 Å². The highest BCUT2D eigenvalue weighted by atomic mass is 16.3. The summed E-state index contributed by atoms with van der Waals surface area (Å²) in [7, 11) is 0. The second-order valence-corrected chi connectivity index (χ2v) is 5.95. The fraction of sp³-hybridized carbons (Fsp3) is 0.812. The van der Waals surface area contributed by atoms with E-state index in [0.29, 0.717) is 6.42 Å². The fourth-order valence-electron chi connectivity index (χ4n) is 3.28. The maximum Gasteiger partial charge on any atom is 0.317 e. The Morgan fingerprint density at radius 2 is 2.25 bits per heavy atom. The number of hydrogen-bond acceptors (Lipinski definition) is 2. The zero-order valence-electron chi connectivity index (χ0n) is 12.4. The Balaban J connectivity index is 1.73. The molecule has 1 atom stereocenters. The molecule has 0 aromatic carbocycles. The monoisotopic (exact) mass is 280 g/mol. The maximum atomic E-state index is 12.2. The highest BCUT2D eigenvalue weighted by Gasteiger charge is 2.25. The van der Waals surface area contributed by atoms with Gasteiger partial charge in [0.25, 0.3) is 0 Å². The lowest BCUT2D eigenvalue weighted by Gasteiger charge is -2.35. The van der Waals surface area contributed by atoms with Crippen LogP contribution in [0.2, 0.25) is 0 Å². The van der Waals surface area contributed by atoms with Gasteiger partial charge in [-0.05, 0) is 57.8 Å². The highest BCUT2D eigenvalue weighted by molar-refractivity contribution is 5.74. The largest absolute Gasteiger partial charge is 0.396 e. The van der Waals surface area contributed by atoms with Crippen molar-refractivity contribution >= 4 is 6.03 Å². The molecule has 0 radical (unpaired) electrons. The summed E-state index contributed by atoms with van der Waals surface area (Å²) < 4.78 is 0. The van der Waals surface area contributed by atoms with Crippen LogP contribution < -0.4 is 5.32 Å². The molecule has 1 aliphatic heterocycles. The smallest absolute Gasteiger partial charge is 0.317 e. The van der Waals surface area contributed by atoms with Crippen molar-refractivity contribution in [2.24, 2.45) is 0 Å². The van der Waals surface area contributed by atoms with Gasteiger partial charge in [0, 0.05) is 25.7 Å². The molecule has 0 spiro atoms. The quantitative estimate of drug-likeness (QED) is 0.761. The van der Waals surface area contributed by atoms with Crippen LogP contribution in [0.1, 0.15) is 57.8 Å². The first-order valence-corrected chi connectivity index (χ1v) is 8.14. The summed E-state index contributed by atoms with van der Waals surface area (Å²) >= 11 is 0. The molecular weight excluding hydrogens is 252 g/mol. The number of likely N-dealkylation sites (tertiary alicyclic amines) is 1. The predicted molar refractivity (Wildman–Crippen MR) is 80.6 cm³/mol. The van der Waals surface area contributed by atoms with Crippen molar-refractivity contribution in [3.8, 4) is 0 Å². The molecule has 1 saturated heterocycles. The molecule has 0 saturated carbocycles. The van der Waals surface area contributed by atoms with E-state index in [0.717, 1.165) is 32.4 Å². The van der Waals surface area contributed by atoms with Crippen LogP contribution in [-0.4, -0.2) is 41.8 Å². The molecule has 1 heterocycles. The molecule has 2 aliphatic rings. The number of amides is 2. The van der Waals surface area contributed by atoms with Crippen molar-refractivity contribution in [2.75, 3.05) is 19.7 Å². The zero-order chi connectivity index (χ0) is 14.2. The van der Waals surface area contributed by atoms with Gasteiger partial charge in [-0.1, -0.05) is 11.6 Å². The summed E-state index contributed by atoms with van der Waals surface area (Å²) in [4.78, 5) is 14.2. The van der Waals surface area contributed by atoms with Gasteiger partial charge in [-0.25, -0.2) is 4.79 Å². The fourth-order valence-corrected chi connectivity index (χ4v) is 3.28. The molecule has 20 heavy (non-hydrogen) atoms. The van der Waals surface area contributed by atoms with Crippen LogP contribution in [0.15, 0.2) is 11.6 Å². The number of carbonyl (C=O) groups is 1. The maximum absolute atomic E-state index is 12.2. The van der Waals surface area contributed by atoms with Gasteiger partial charge in [0.1, 0.15) is 0 Å². The minimum atomic E-state index is 0.0551. The molecule has 4 nitrogen and oxygen atoms in total. The molecule has 114 valence electrons. The van der Waals surface area contributed by atoms with Crippen LogP contribution in [0.4, 0.5) is 4.79 Å². The SMILES string of the molecule is O=C(NCCC1=CCCCC1)N1CCCCC1CCO. The minimum Gasteiger partial charge on any atom is -0.396 e. The summed E-state index contributed by atoms with van der Waals surface area (Å²) in [5.41, 5.74) is 1.50. The Morgan fingerprint density at radius 3 is 3.00 bits per heavy atom. The average Bonchev–Trinajstić information content (AvgIpc) is 2.49.